The lowest BCUT2D eigenvalue weighted by atomic mass is 10.0. The predicted molar refractivity (Wildman–Crippen MR) is 86.3 cm³/mol. The highest BCUT2D eigenvalue weighted by Gasteiger charge is 2.13. The van der Waals surface area contributed by atoms with Crippen LogP contribution in [0.25, 0.3) is 10.8 Å². The van der Waals surface area contributed by atoms with Crippen LogP contribution in [0, 0.1) is 6.92 Å². The van der Waals surface area contributed by atoms with Gasteiger partial charge in [0, 0.05) is 17.1 Å². The molecule has 3 heteroatoms. The van der Waals surface area contributed by atoms with Crippen molar-refractivity contribution in [2.75, 3.05) is 7.05 Å². The van der Waals surface area contributed by atoms with Gasteiger partial charge in [0.15, 0.2) is 0 Å². The largest absolute Gasteiger partial charge is 0.312 e. The van der Waals surface area contributed by atoms with Crippen LogP contribution in [0.15, 0.2) is 48.7 Å². The molecule has 20 heavy (non-hydrogen) atoms. The van der Waals surface area contributed by atoms with E-state index in [0.29, 0.717) is 6.04 Å². The van der Waals surface area contributed by atoms with Crippen molar-refractivity contribution in [2.45, 2.75) is 19.4 Å². The van der Waals surface area contributed by atoms with E-state index in [1.807, 2.05) is 13.2 Å². The summed E-state index contributed by atoms with van der Waals surface area (Å²) in [5, 5.41) is 7.13. The van der Waals surface area contributed by atoms with Crippen LogP contribution in [-0.2, 0) is 6.42 Å². The van der Waals surface area contributed by atoms with Crippen molar-refractivity contribution >= 4 is 22.1 Å². The van der Waals surface area contributed by atoms with Gasteiger partial charge in [-0.3, -0.25) is 0 Å². The molecule has 1 heterocycles. The Kier molecular flexibility index (Phi) is 3.81. The molecule has 0 spiro atoms. The number of rotatable bonds is 4. The summed E-state index contributed by atoms with van der Waals surface area (Å²) in [6, 6.07) is 15.5. The zero-order chi connectivity index (χ0) is 13.9. The van der Waals surface area contributed by atoms with Crippen LogP contribution in [0.1, 0.15) is 21.5 Å². The molecule has 1 aromatic heterocycles. The summed E-state index contributed by atoms with van der Waals surface area (Å²) in [5.41, 5.74) is 1.36. The summed E-state index contributed by atoms with van der Waals surface area (Å²) in [7, 11) is 2.01. The van der Waals surface area contributed by atoms with Crippen LogP contribution in [0.5, 0.6) is 0 Å². The number of thiazole rings is 1. The highest BCUT2D eigenvalue weighted by Crippen LogP contribution is 2.25. The highest BCUT2D eigenvalue weighted by atomic mass is 32.1. The zero-order valence-corrected chi connectivity index (χ0v) is 12.6. The molecule has 102 valence electrons. The third kappa shape index (κ3) is 2.74. The summed E-state index contributed by atoms with van der Waals surface area (Å²) < 4.78 is 0. The summed E-state index contributed by atoms with van der Waals surface area (Å²) in [4.78, 5) is 5.66. The number of aryl methyl sites for hydroxylation is 1. The lowest BCUT2D eigenvalue weighted by Crippen LogP contribution is -2.17. The first kappa shape index (κ1) is 13.3. The molecule has 0 aliphatic rings. The fourth-order valence-electron chi connectivity index (χ4n) is 2.49. The van der Waals surface area contributed by atoms with E-state index in [1.165, 1.54) is 21.2 Å². The molecule has 1 atom stereocenters. The van der Waals surface area contributed by atoms with E-state index in [9.17, 15) is 0 Å². The molecule has 0 saturated heterocycles. The predicted octanol–water partition coefficient (Wildman–Crippen LogP) is 4.11. The summed E-state index contributed by atoms with van der Waals surface area (Å²) in [6.45, 7) is 2.05. The average Bonchev–Trinajstić information content (AvgIpc) is 2.91. The molecule has 0 bridgehead atoms. The van der Waals surface area contributed by atoms with Gasteiger partial charge in [0.25, 0.3) is 0 Å². The van der Waals surface area contributed by atoms with Gasteiger partial charge < -0.3 is 5.32 Å². The molecule has 2 aromatic carbocycles. The van der Waals surface area contributed by atoms with Gasteiger partial charge in [-0.05, 0) is 36.7 Å². The summed E-state index contributed by atoms with van der Waals surface area (Å²) >= 11 is 1.77. The van der Waals surface area contributed by atoms with Crippen LogP contribution in [0.3, 0.4) is 0 Å². The quantitative estimate of drug-likeness (QED) is 0.779. The number of nitrogens with one attached hydrogen (secondary N) is 1. The molecule has 3 aromatic rings. The third-order valence-electron chi connectivity index (χ3n) is 3.58. The Morgan fingerprint density at radius 1 is 1.15 bits per heavy atom. The highest BCUT2D eigenvalue weighted by molar-refractivity contribution is 7.11. The van der Waals surface area contributed by atoms with E-state index in [1.54, 1.807) is 11.3 Å². The molecule has 1 N–H and O–H groups in total. The van der Waals surface area contributed by atoms with Crippen molar-refractivity contribution in [3.63, 3.8) is 0 Å². The molecule has 2 nitrogen and oxygen atoms in total. The van der Waals surface area contributed by atoms with Crippen LogP contribution in [0.2, 0.25) is 0 Å². The van der Waals surface area contributed by atoms with E-state index in [4.69, 9.17) is 0 Å². The van der Waals surface area contributed by atoms with Crippen molar-refractivity contribution in [2.24, 2.45) is 0 Å². The van der Waals surface area contributed by atoms with Gasteiger partial charge >= 0.3 is 0 Å². The summed E-state index contributed by atoms with van der Waals surface area (Å²) in [6.07, 6.45) is 2.98. The first-order valence-corrected chi connectivity index (χ1v) is 7.65. The minimum Gasteiger partial charge on any atom is -0.312 e. The number of fused-ring (bicyclic) bond motifs is 1. The fraction of sp³-hybridized carbons (Fsp3) is 0.235. The number of hydrogen-bond donors (Lipinski definition) is 1. The number of aromatic nitrogens is 1. The number of hydrogen-bond acceptors (Lipinski definition) is 3. The van der Waals surface area contributed by atoms with Crippen molar-refractivity contribution < 1.29 is 0 Å². The standard InChI is InChI=1S/C17H18N2S/c1-12-19-11-17(20-12)16(18-2)10-13-7-8-14-5-3-4-6-15(14)9-13/h3-9,11,16,18H,10H2,1-2H3. The van der Waals surface area contributed by atoms with Crippen molar-refractivity contribution in [1.82, 2.24) is 10.3 Å². The fourth-order valence-corrected chi connectivity index (χ4v) is 3.38. The Morgan fingerprint density at radius 2 is 1.95 bits per heavy atom. The second-order valence-corrected chi connectivity index (χ2v) is 6.27. The Labute approximate surface area is 123 Å². The van der Waals surface area contributed by atoms with E-state index in [2.05, 4.69) is 59.7 Å². The van der Waals surface area contributed by atoms with Crippen LogP contribution >= 0.6 is 11.3 Å². The molecular weight excluding hydrogens is 264 g/mol. The third-order valence-corrected chi connectivity index (χ3v) is 4.61. The second kappa shape index (κ2) is 5.73. The first-order chi connectivity index (χ1) is 9.76. The molecule has 0 amide bonds. The van der Waals surface area contributed by atoms with Gasteiger partial charge in [0.2, 0.25) is 0 Å². The Morgan fingerprint density at radius 3 is 2.65 bits per heavy atom. The van der Waals surface area contributed by atoms with Crippen LogP contribution in [0.4, 0.5) is 0 Å². The van der Waals surface area contributed by atoms with Gasteiger partial charge in [-0.15, -0.1) is 11.3 Å². The lowest BCUT2D eigenvalue weighted by molar-refractivity contribution is 0.601. The first-order valence-electron chi connectivity index (χ1n) is 6.83. The van der Waals surface area contributed by atoms with Crippen molar-refractivity contribution in [3.05, 3.63) is 64.1 Å². The maximum atomic E-state index is 4.36. The van der Waals surface area contributed by atoms with E-state index >= 15 is 0 Å². The maximum Gasteiger partial charge on any atom is 0.0897 e. The lowest BCUT2D eigenvalue weighted by Gasteiger charge is -2.14. The molecule has 0 saturated carbocycles. The number of benzene rings is 2. The van der Waals surface area contributed by atoms with Gasteiger partial charge in [-0.25, -0.2) is 4.98 Å². The molecule has 0 radical (unpaired) electrons. The maximum absolute atomic E-state index is 4.36. The molecule has 0 fully saturated rings. The average molecular weight is 282 g/mol. The SMILES string of the molecule is CNC(Cc1ccc2ccccc2c1)c1cnc(C)s1. The van der Waals surface area contributed by atoms with Crippen molar-refractivity contribution in [1.29, 1.82) is 0 Å². The van der Waals surface area contributed by atoms with Crippen molar-refractivity contribution in [3.8, 4) is 0 Å². The number of likely N-dealkylation sites (N-methyl/N-ethyl adjacent to an activating group) is 1. The minimum atomic E-state index is 0.336. The molecule has 3 rings (SSSR count). The number of nitrogens with zero attached hydrogens (tertiary/aromatic N) is 1. The second-order valence-electron chi connectivity index (χ2n) is 5.01. The molecule has 0 aliphatic carbocycles. The minimum absolute atomic E-state index is 0.336. The van der Waals surface area contributed by atoms with Gasteiger partial charge in [0.1, 0.15) is 0 Å². The zero-order valence-electron chi connectivity index (χ0n) is 11.8. The normalized spacial score (nSPS) is 12.7. The van der Waals surface area contributed by atoms with Gasteiger partial charge in [-0.1, -0.05) is 42.5 Å². The summed E-state index contributed by atoms with van der Waals surface area (Å²) in [5.74, 6) is 0. The van der Waals surface area contributed by atoms with Crippen LogP contribution in [-0.4, -0.2) is 12.0 Å². The van der Waals surface area contributed by atoms with E-state index < -0.39 is 0 Å². The van der Waals surface area contributed by atoms with Crippen LogP contribution < -0.4 is 5.32 Å². The Balaban J connectivity index is 1.87. The van der Waals surface area contributed by atoms with Gasteiger partial charge in [0.05, 0.1) is 5.01 Å². The Bertz CT molecular complexity index is 718. The molecule has 1 unspecified atom stereocenters. The van der Waals surface area contributed by atoms with Gasteiger partial charge in [-0.2, -0.15) is 0 Å². The Hall–Kier alpha value is -1.71. The topological polar surface area (TPSA) is 24.9 Å². The molecule has 0 aliphatic heterocycles. The van der Waals surface area contributed by atoms with E-state index in [-0.39, 0.29) is 0 Å². The van der Waals surface area contributed by atoms with E-state index in [0.717, 1.165) is 11.4 Å². The monoisotopic (exact) mass is 282 g/mol. The smallest absolute Gasteiger partial charge is 0.0897 e. The molecular formula is C17H18N2S.